The Morgan fingerprint density at radius 3 is 2.67 bits per heavy atom. The average molecular weight is 212 g/mol. The van der Waals surface area contributed by atoms with Gasteiger partial charge in [-0.25, -0.2) is 0 Å². The Bertz CT molecular complexity index is 227. The Morgan fingerprint density at radius 1 is 1.27 bits per heavy atom. The van der Waals surface area contributed by atoms with Gasteiger partial charge in [0.15, 0.2) is 0 Å². The molecule has 2 heterocycles. The Balaban J connectivity index is 1.71. The minimum Gasteiger partial charge on any atom is -0.481 e. The number of hydrogen-bond acceptors (Lipinski definition) is 3. The summed E-state index contributed by atoms with van der Waals surface area (Å²) in [6, 6.07) is 0.696. The van der Waals surface area contributed by atoms with E-state index in [-0.39, 0.29) is 6.42 Å². The lowest BCUT2D eigenvalue weighted by Gasteiger charge is -2.23. The third-order valence-corrected chi connectivity index (χ3v) is 3.55. The number of rotatable bonds is 4. The van der Waals surface area contributed by atoms with Crippen molar-refractivity contribution in [2.24, 2.45) is 0 Å². The first-order valence-corrected chi connectivity index (χ1v) is 5.94. The van der Waals surface area contributed by atoms with Crippen LogP contribution >= 0.6 is 0 Å². The molecule has 1 atom stereocenters. The van der Waals surface area contributed by atoms with Crippen LogP contribution in [0.15, 0.2) is 0 Å². The Labute approximate surface area is 90.9 Å². The number of carboxylic acid groups (broad SMARTS) is 1. The molecule has 4 nitrogen and oxygen atoms in total. The first-order valence-electron chi connectivity index (χ1n) is 5.94. The number of aliphatic carboxylic acids is 1. The number of hydrogen-bond donors (Lipinski definition) is 1. The van der Waals surface area contributed by atoms with Gasteiger partial charge in [0.1, 0.15) is 0 Å². The molecule has 0 aromatic heterocycles. The SMILES string of the molecule is O=C(O)CCN1CCC(N2CCCC2)C1. The number of carboxylic acids is 1. The van der Waals surface area contributed by atoms with Crippen molar-refractivity contribution in [3.8, 4) is 0 Å². The molecule has 1 N–H and O–H groups in total. The average Bonchev–Trinajstić information content (AvgIpc) is 2.85. The zero-order valence-electron chi connectivity index (χ0n) is 9.19. The van der Waals surface area contributed by atoms with Gasteiger partial charge in [-0.05, 0) is 38.9 Å². The minimum absolute atomic E-state index is 0.284. The predicted octanol–water partition coefficient (Wildman–Crippen LogP) is 0.631. The summed E-state index contributed by atoms with van der Waals surface area (Å²) in [4.78, 5) is 15.3. The highest BCUT2D eigenvalue weighted by molar-refractivity contribution is 5.66. The van der Waals surface area contributed by atoms with Gasteiger partial charge in [0, 0.05) is 19.1 Å². The van der Waals surface area contributed by atoms with Gasteiger partial charge in [0.2, 0.25) is 0 Å². The molecule has 0 bridgehead atoms. The Morgan fingerprint density at radius 2 is 2.00 bits per heavy atom. The number of carbonyl (C=O) groups is 1. The summed E-state index contributed by atoms with van der Waals surface area (Å²) in [5, 5.41) is 8.61. The van der Waals surface area contributed by atoms with Gasteiger partial charge < -0.3 is 10.0 Å². The van der Waals surface area contributed by atoms with E-state index in [0.29, 0.717) is 6.04 Å². The zero-order valence-corrected chi connectivity index (χ0v) is 9.19. The van der Waals surface area contributed by atoms with Gasteiger partial charge in [-0.15, -0.1) is 0 Å². The summed E-state index contributed by atoms with van der Waals surface area (Å²) in [7, 11) is 0. The van der Waals surface area contributed by atoms with E-state index in [1.54, 1.807) is 0 Å². The number of nitrogens with zero attached hydrogens (tertiary/aromatic N) is 2. The van der Waals surface area contributed by atoms with E-state index < -0.39 is 5.97 Å². The standard InChI is InChI=1S/C11H20N2O2/c14-11(15)4-8-12-7-3-10(9-12)13-5-1-2-6-13/h10H,1-9H2,(H,14,15). The largest absolute Gasteiger partial charge is 0.481 e. The fourth-order valence-corrected chi connectivity index (χ4v) is 2.67. The lowest BCUT2D eigenvalue weighted by molar-refractivity contribution is -0.137. The molecule has 0 radical (unpaired) electrons. The third-order valence-electron chi connectivity index (χ3n) is 3.55. The summed E-state index contributed by atoms with van der Waals surface area (Å²) in [6.45, 7) is 5.37. The van der Waals surface area contributed by atoms with Gasteiger partial charge in [0.25, 0.3) is 0 Å². The van der Waals surface area contributed by atoms with Gasteiger partial charge in [0.05, 0.1) is 6.42 Å². The van der Waals surface area contributed by atoms with Crippen LogP contribution in [-0.4, -0.2) is 59.6 Å². The molecule has 2 aliphatic heterocycles. The van der Waals surface area contributed by atoms with Gasteiger partial charge in [-0.3, -0.25) is 9.69 Å². The van der Waals surface area contributed by atoms with Crippen molar-refractivity contribution in [1.82, 2.24) is 9.80 Å². The van der Waals surface area contributed by atoms with Crippen molar-refractivity contribution < 1.29 is 9.90 Å². The lowest BCUT2D eigenvalue weighted by atomic mass is 10.2. The molecule has 0 amide bonds. The second-order valence-corrected chi connectivity index (χ2v) is 4.63. The highest BCUT2D eigenvalue weighted by Gasteiger charge is 2.28. The van der Waals surface area contributed by atoms with Crippen LogP contribution in [0.4, 0.5) is 0 Å². The van der Waals surface area contributed by atoms with Crippen LogP contribution in [0.2, 0.25) is 0 Å². The van der Waals surface area contributed by atoms with Crippen molar-refractivity contribution in [3.63, 3.8) is 0 Å². The summed E-state index contributed by atoms with van der Waals surface area (Å²) >= 11 is 0. The van der Waals surface area contributed by atoms with E-state index in [0.717, 1.165) is 19.6 Å². The smallest absolute Gasteiger partial charge is 0.304 e. The van der Waals surface area contributed by atoms with E-state index in [1.807, 2.05) is 0 Å². The molecule has 4 heteroatoms. The first-order chi connectivity index (χ1) is 7.25. The van der Waals surface area contributed by atoms with Crippen LogP contribution in [0.3, 0.4) is 0 Å². The molecule has 0 aromatic carbocycles. The normalized spacial score (nSPS) is 28.7. The predicted molar refractivity (Wildman–Crippen MR) is 57.9 cm³/mol. The summed E-state index contributed by atoms with van der Waals surface area (Å²) in [5.74, 6) is -0.681. The zero-order chi connectivity index (χ0) is 10.7. The van der Waals surface area contributed by atoms with E-state index in [9.17, 15) is 4.79 Å². The molecular formula is C11H20N2O2. The van der Waals surface area contributed by atoms with E-state index in [4.69, 9.17) is 5.11 Å². The van der Waals surface area contributed by atoms with Crippen LogP contribution in [0.1, 0.15) is 25.7 Å². The van der Waals surface area contributed by atoms with Gasteiger partial charge >= 0.3 is 5.97 Å². The molecule has 2 aliphatic rings. The quantitative estimate of drug-likeness (QED) is 0.742. The fourth-order valence-electron chi connectivity index (χ4n) is 2.67. The molecular weight excluding hydrogens is 192 g/mol. The first kappa shape index (κ1) is 10.9. The van der Waals surface area contributed by atoms with Crippen LogP contribution in [0.25, 0.3) is 0 Å². The maximum atomic E-state index is 10.5. The molecule has 15 heavy (non-hydrogen) atoms. The van der Waals surface area contributed by atoms with E-state index >= 15 is 0 Å². The molecule has 0 saturated carbocycles. The van der Waals surface area contributed by atoms with Crippen molar-refractivity contribution in [2.45, 2.75) is 31.7 Å². The van der Waals surface area contributed by atoms with Crippen molar-refractivity contribution in [1.29, 1.82) is 0 Å². The topological polar surface area (TPSA) is 43.8 Å². The molecule has 1 unspecified atom stereocenters. The van der Waals surface area contributed by atoms with Crippen molar-refractivity contribution in [3.05, 3.63) is 0 Å². The summed E-state index contributed by atoms with van der Waals surface area (Å²) in [5.41, 5.74) is 0. The lowest BCUT2D eigenvalue weighted by Crippen LogP contribution is -2.35. The fraction of sp³-hybridized carbons (Fsp3) is 0.909. The van der Waals surface area contributed by atoms with Crippen LogP contribution in [-0.2, 0) is 4.79 Å². The van der Waals surface area contributed by atoms with Gasteiger partial charge in [-0.1, -0.05) is 0 Å². The molecule has 0 spiro atoms. The maximum Gasteiger partial charge on any atom is 0.304 e. The summed E-state index contributed by atoms with van der Waals surface area (Å²) < 4.78 is 0. The summed E-state index contributed by atoms with van der Waals surface area (Å²) in [6.07, 6.45) is 4.18. The number of likely N-dealkylation sites (tertiary alicyclic amines) is 2. The van der Waals surface area contributed by atoms with Crippen LogP contribution < -0.4 is 0 Å². The molecule has 86 valence electrons. The van der Waals surface area contributed by atoms with Crippen LogP contribution in [0.5, 0.6) is 0 Å². The second-order valence-electron chi connectivity index (χ2n) is 4.63. The van der Waals surface area contributed by atoms with Crippen LogP contribution in [0, 0.1) is 0 Å². The Kier molecular flexibility index (Phi) is 3.59. The minimum atomic E-state index is -0.681. The maximum absolute atomic E-state index is 10.5. The monoisotopic (exact) mass is 212 g/mol. The molecule has 0 aliphatic carbocycles. The highest BCUT2D eigenvalue weighted by Crippen LogP contribution is 2.20. The second kappa shape index (κ2) is 4.94. The molecule has 2 fully saturated rings. The van der Waals surface area contributed by atoms with Gasteiger partial charge in [-0.2, -0.15) is 0 Å². The molecule has 2 saturated heterocycles. The van der Waals surface area contributed by atoms with Crippen molar-refractivity contribution in [2.75, 3.05) is 32.7 Å². The molecule has 0 aromatic rings. The van der Waals surface area contributed by atoms with E-state index in [1.165, 1.54) is 32.4 Å². The van der Waals surface area contributed by atoms with E-state index in [2.05, 4.69) is 9.80 Å². The van der Waals surface area contributed by atoms with Crippen molar-refractivity contribution >= 4 is 5.97 Å². The Hall–Kier alpha value is -0.610. The highest BCUT2D eigenvalue weighted by atomic mass is 16.4. The third kappa shape index (κ3) is 2.92. The molecule has 2 rings (SSSR count).